The molecular weight excluding hydrogens is 402 g/mol. The van der Waals surface area contributed by atoms with E-state index in [-0.39, 0.29) is 11.7 Å². The van der Waals surface area contributed by atoms with Gasteiger partial charge in [-0.25, -0.2) is 4.68 Å². The molecule has 0 saturated carbocycles. The molecule has 156 valence electrons. The van der Waals surface area contributed by atoms with E-state index in [1.54, 1.807) is 31.2 Å². The van der Waals surface area contributed by atoms with Crippen LogP contribution in [-0.2, 0) is 4.79 Å². The van der Waals surface area contributed by atoms with E-state index in [0.29, 0.717) is 28.8 Å². The number of carbonyl (C=O) groups excluding carboxylic acids is 2. The average Bonchev–Trinajstić information content (AvgIpc) is 3.09. The summed E-state index contributed by atoms with van der Waals surface area (Å²) < 4.78 is 6.80. The maximum atomic E-state index is 12.6. The number of rotatable bonds is 8. The second-order valence-electron chi connectivity index (χ2n) is 6.52. The molecule has 8 nitrogen and oxygen atoms in total. The largest absolute Gasteiger partial charge is 0.494 e. The van der Waals surface area contributed by atoms with Crippen LogP contribution in [0.3, 0.4) is 0 Å². The number of thioether (sulfide) groups is 1. The third-order valence-corrected chi connectivity index (χ3v) is 5.33. The van der Waals surface area contributed by atoms with Crippen molar-refractivity contribution in [1.82, 2.24) is 14.9 Å². The number of nitrogens with one attached hydrogen (secondary N) is 1. The highest BCUT2D eigenvalue weighted by atomic mass is 32.2. The smallest absolute Gasteiger partial charge is 0.237 e. The second-order valence-corrected chi connectivity index (χ2v) is 7.83. The van der Waals surface area contributed by atoms with Crippen LogP contribution in [0.4, 0.5) is 5.69 Å². The maximum absolute atomic E-state index is 12.6. The number of benzene rings is 2. The number of aromatic nitrogens is 3. The summed E-state index contributed by atoms with van der Waals surface area (Å²) in [6.45, 7) is 5.74. The number of hydrogen-bond acceptors (Lipinski definition) is 7. The van der Waals surface area contributed by atoms with E-state index in [2.05, 4.69) is 15.5 Å². The van der Waals surface area contributed by atoms with Gasteiger partial charge < -0.3 is 15.9 Å². The quantitative estimate of drug-likeness (QED) is 0.323. The van der Waals surface area contributed by atoms with Crippen LogP contribution >= 0.6 is 11.8 Å². The number of nitrogen functional groups attached to an aromatic ring is 1. The lowest BCUT2D eigenvalue weighted by Crippen LogP contribution is -2.23. The molecule has 3 N–H and O–H groups in total. The van der Waals surface area contributed by atoms with E-state index in [0.717, 1.165) is 11.3 Å². The Balaban J connectivity index is 1.68. The average molecular weight is 426 g/mol. The van der Waals surface area contributed by atoms with Gasteiger partial charge in [-0.3, -0.25) is 9.59 Å². The molecule has 0 saturated heterocycles. The summed E-state index contributed by atoms with van der Waals surface area (Å²) in [4.78, 5) is 24.1. The predicted octanol–water partition coefficient (Wildman–Crippen LogP) is 3.38. The van der Waals surface area contributed by atoms with Gasteiger partial charge in [-0.05, 0) is 57.2 Å². The van der Waals surface area contributed by atoms with Crippen molar-refractivity contribution in [2.75, 3.05) is 17.8 Å². The van der Waals surface area contributed by atoms with Crippen LogP contribution in [0.25, 0.3) is 11.4 Å². The van der Waals surface area contributed by atoms with Gasteiger partial charge in [0.05, 0.1) is 11.9 Å². The van der Waals surface area contributed by atoms with Gasteiger partial charge in [0, 0.05) is 16.8 Å². The molecule has 0 fully saturated rings. The number of hydrogen-bond donors (Lipinski definition) is 2. The van der Waals surface area contributed by atoms with Gasteiger partial charge in [0.15, 0.2) is 11.6 Å². The number of carbonyl (C=O) groups is 2. The fourth-order valence-corrected chi connectivity index (χ4v) is 3.46. The van der Waals surface area contributed by atoms with E-state index in [4.69, 9.17) is 10.6 Å². The molecule has 0 aliphatic carbocycles. The van der Waals surface area contributed by atoms with Gasteiger partial charge in [0.2, 0.25) is 11.1 Å². The molecule has 0 aliphatic rings. The van der Waals surface area contributed by atoms with Gasteiger partial charge >= 0.3 is 0 Å². The highest BCUT2D eigenvalue weighted by molar-refractivity contribution is 8.00. The number of ketones is 1. The number of nitrogens with zero attached hydrogens (tertiary/aromatic N) is 3. The Morgan fingerprint density at radius 2 is 1.93 bits per heavy atom. The summed E-state index contributed by atoms with van der Waals surface area (Å²) in [6, 6.07) is 14.2. The lowest BCUT2D eigenvalue weighted by atomic mass is 10.1. The minimum Gasteiger partial charge on any atom is -0.494 e. The van der Waals surface area contributed by atoms with Crippen LogP contribution in [0, 0.1) is 0 Å². The molecule has 0 unspecified atom stereocenters. The summed E-state index contributed by atoms with van der Waals surface area (Å²) >= 11 is 1.20. The topological polar surface area (TPSA) is 112 Å². The predicted molar refractivity (Wildman–Crippen MR) is 117 cm³/mol. The highest BCUT2D eigenvalue weighted by Gasteiger charge is 2.20. The van der Waals surface area contributed by atoms with Crippen molar-refractivity contribution in [3.63, 3.8) is 0 Å². The lowest BCUT2D eigenvalue weighted by Gasteiger charge is -2.12. The van der Waals surface area contributed by atoms with E-state index < -0.39 is 5.25 Å². The van der Waals surface area contributed by atoms with Crippen molar-refractivity contribution in [3.05, 3.63) is 54.1 Å². The van der Waals surface area contributed by atoms with Crippen molar-refractivity contribution >= 4 is 29.1 Å². The molecule has 0 spiro atoms. The van der Waals surface area contributed by atoms with E-state index in [9.17, 15) is 9.59 Å². The van der Waals surface area contributed by atoms with Crippen molar-refractivity contribution < 1.29 is 14.3 Å². The van der Waals surface area contributed by atoms with E-state index in [1.165, 1.54) is 23.4 Å². The first-order valence-electron chi connectivity index (χ1n) is 9.41. The standard InChI is InChI=1S/C21H23N5O3S/c1-4-29-18-10-8-15(9-11-18)19-24-25-21(26(19)22)30-14(3)20(28)23-17-7-5-6-16(12-17)13(2)27/h5-12,14H,4,22H2,1-3H3,(H,23,28)/t14-/m1/s1. The van der Waals surface area contributed by atoms with Crippen molar-refractivity contribution in [3.8, 4) is 17.1 Å². The number of nitrogens with two attached hydrogens (primary N) is 1. The van der Waals surface area contributed by atoms with Crippen LogP contribution in [0.15, 0.2) is 53.7 Å². The molecular formula is C21H23N5O3S. The summed E-state index contributed by atoms with van der Waals surface area (Å²) in [5.41, 5.74) is 1.89. The van der Waals surface area contributed by atoms with E-state index >= 15 is 0 Å². The van der Waals surface area contributed by atoms with Crippen LogP contribution in [0.5, 0.6) is 5.75 Å². The molecule has 0 aliphatic heterocycles. The van der Waals surface area contributed by atoms with E-state index in [1.807, 2.05) is 31.2 Å². The minimum atomic E-state index is -0.481. The zero-order valence-electron chi connectivity index (χ0n) is 17.0. The van der Waals surface area contributed by atoms with Crippen molar-refractivity contribution in [1.29, 1.82) is 0 Å². The number of ether oxygens (including phenoxy) is 1. The maximum Gasteiger partial charge on any atom is 0.237 e. The van der Waals surface area contributed by atoms with Gasteiger partial charge in [-0.2, -0.15) is 0 Å². The van der Waals surface area contributed by atoms with Gasteiger partial charge in [-0.1, -0.05) is 23.9 Å². The molecule has 3 aromatic rings. The normalized spacial score (nSPS) is 11.7. The molecule has 1 atom stereocenters. The molecule has 1 amide bonds. The fourth-order valence-electron chi connectivity index (χ4n) is 2.69. The molecule has 1 aromatic heterocycles. The molecule has 2 aromatic carbocycles. The Labute approximate surface area is 178 Å². The fraction of sp³-hybridized carbons (Fsp3) is 0.238. The molecule has 0 radical (unpaired) electrons. The van der Waals surface area contributed by atoms with Crippen molar-refractivity contribution in [2.45, 2.75) is 31.2 Å². The number of anilines is 1. The summed E-state index contributed by atoms with van der Waals surface area (Å²) in [7, 11) is 0. The second kappa shape index (κ2) is 9.45. The Morgan fingerprint density at radius 3 is 2.60 bits per heavy atom. The first kappa shape index (κ1) is 21.4. The van der Waals surface area contributed by atoms with Crippen LogP contribution < -0.4 is 15.9 Å². The van der Waals surface area contributed by atoms with Gasteiger partial charge in [-0.15, -0.1) is 10.2 Å². The molecule has 0 bridgehead atoms. The van der Waals surface area contributed by atoms with Crippen molar-refractivity contribution in [2.24, 2.45) is 0 Å². The zero-order chi connectivity index (χ0) is 21.7. The van der Waals surface area contributed by atoms with Gasteiger partial charge in [0.25, 0.3) is 0 Å². The lowest BCUT2D eigenvalue weighted by molar-refractivity contribution is -0.115. The SMILES string of the molecule is CCOc1ccc(-c2nnc(S[C@H](C)C(=O)Nc3cccc(C(C)=O)c3)n2N)cc1. The molecule has 30 heavy (non-hydrogen) atoms. The molecule has 3 rings (SSSR count). The monoisotopic (exact) mass is 425 g/mol. The third kappa shape index (κ3) is 4.98. The van der Waals surface area contributed by atoms with Crippen LogP contribution in [-0.4, -0.2) is 38.4 Å². The Morgan fingerprint density at radius 1 is 1.20 bits per heavy atom. The summed E-state index contributed by atoms with van der Waals surface area (Å²) in [5, 5.41) is 11.0. The molecule has 1 heterocycles. The number of amides is 1. The van der Waals surface area contributed by atoms with Crippen LogP contribution in [0.2, 0.25) is 0 Å². The first-order chi connectivity index (χ1) is 14.4. The Kier molecular flexibility index (Phi) is 6.73. The Bertz CT molecular complexity index is 1050. The first-order valence-corrected chi connectivity index (χ1v) is 10.3. The van der Waals surface area contributed by atoms with Gasteiger partial charge in [0.1, 0.15) is 5.75 Å². The summed E-state index contributed by atoms with van der Waals surface area (Å²) in [5.74, 6) is 7.11. The Hall–Kier alpha value is -3.33. The summed E-state index contributed by atoms with van der Waals surface area (Å²) in [6.07, 6.45) is 0. The third-order valence-electron chi connectivity index (χ3n) is 4.28. The minimum absolute atomic E-state index is 0.0634. The van der Waals surface area contributed by atoms with Crippen LogP contribution in [0.1, 0.15) is 31.1 Å². The zero-order valence-corrected chi connectivity index (χ0v) is 17.8. The molecule has 9 heteroatoms. The number of Topliss-reactive ketones (excluding diaryl/α,β-unsaturated/α-hetero) is 1. The highest BCUT2D eigenvalue weighted by Crippen LogP contribution is 2.26.